The smallest absolute Gasteiger partial charge is 0.334 e. The van der Waals surface area contributed by atoms with Crippen LogP contribution < -0.4 is 4.90 Å². The lowest BCUT2D eigenvalue weighted by atomic mass is 10.3. The Balaban J connectivity index is 1.56. The lowest BCUT2D eigenvalue weighted by Crippen LogP contribution is -2.52. The van der Waals surface area contributed by atoms with Crippen molar-refractivity contribution in [3.63, 3.8) is 0 Å². The van der Waals surface area contributed by atoms with E-state index in [4.69, 9.17) is 0 Å². The maximum atomic E-state index is 12.5. The number of unbranched alkanes of at least 4 members (excludes halogenated alkanes) is 1. The minimum Gasteiger partial charge on any atom is -0.338 e. The number of rotatable bonds is 6. The number of urea groups is 1. The molecular formula is C17H22N6O4. The highest BCUT2D eigenvalue weighted by Crippen LogP contribution is 2.15. The fraction of sp³-hybridized carbons (Fsp3) is 0.529. The monoisotopic (exact) mass is 374 g/mol. The van der Waals surface area contributed by atoms with Crippen molar-refractivity contribution in [2.24, 2.45) is 0 Å². The van der Waals surface area contributed by atoms with Gasteiger partial charge in [-0.2, -0.15) is 0 Å². The molecule has 2 aliphatic rings. The van der Waals surface area contributed by atoms with Crippen LogP contribution in [-0.4, -0.2) is 87.7 Å². The highest BCUT2D eigenvalue weighted by Gasteiger charge is 2.45. The van der Waals surface area contributed by atoms with E-state index in [1.807, 2.05) is 11.8 Å². The Kier molecular flexibility index (Phi) is 5.63. The van der Waals surface area contributed by atoms with E-state index in [1.54, 1.807) is 23.4 Å². The van der Waals surface area contributed by atoms with Crippen LogP contribution in [0.3, 0.4) is 0 Å². The maximum absolute atomic E-state index is 12.5. The molecule has 5 amide bonds. The molecule has 2 saturated heterocycles. The van der Waals surface area contributed by atoms with Crippen molar-refractivity contribution in [2.45, 2.75) is 19.8 Å². The zero-order valence-electron chi connectivity index (χ0n) is 15.2. The van der Waals surface area contributed by atoms with Gasteiger partial charge >= 0.3 is 17.8 Å². The van der Waals surface area contributed by atoms with Gasteiger partial charge in [0, 0.05) is 45.1 Å². The van der Waals surface area contributed by atoms with Gasteiger partial charge in [-0.3, -0.25) is 19.3 Å². The van der Waals surface area contributed by atoms with E-state index in [-0.39, 0.29) is 12.5 Å². The van der Waals surface area contributed by atoms with Crippen molar-refractivity contribution in [1.29, 1.82) is 0 Å². The predicted octanol–water partition coefficient (Wildman–Crippen LogP) is -0.284. The molecule has 3 heterocycles. The van der Waals surface area contributed by atoms with E-state index in [1.165, 1.54) is 0 Å². The van der Waals surface area contributed by atoms with E-state index in [2.05, 4.69) is 9.97 Å². The SMILES string of the molecule is CCCCN1C(=O)C(=O)N(CC(=O)N2CCN(c3ncccn3)CC2)C1=O. The summed E-state index contributed by atoms with van der Waals surface area (Å²) in [5.41, 5.74) is 0. The molecule has 0 bridgehead atoms. The lowest BCUT2D eigenvalue weighted by Gasteiger charge is -2.35. The predicted molar refractivity (Wildman–Crippen MR) is 94.6 cm³/mol. The van der Waals surface area contributed by atoms with Gasteiger partial charge in [0.2, 0.25) is 11.9 Å². The molecule has 27 heavy (non-hydrogen) atoms. The summed E-state index contributed by atoms with van der Waals surface area (Å²) >= 11 is 0. The van der Waals surface area contributed by atoms with Crippen molar-refractivity contribution in [2.75, 3.05) is 44.2 Å². The fourth-order valence-electron chi connectivity index (χ4n) is 3.05. The van der Waals surface area contributed by atoms with Gasteiger partial charge in [-0.05, 0) is 12.5 Å². The highest BCUT2D eigenvalue weighted by atomic mass is 16.2. The van der Waals surface area contributed by atoms with Gasteiger partial charge in [0.15, 0.2) is 0 Å². The Morgan fingerprint density at radius 1 is 1.00 bits per heavy atom. The van der Waals surface area contributed by atoms with E-state index in [0.717, 1.165) is 16.2 Å². The first-order valence-electron chi connectivity index (χ1n) is 9.00. The molecule has 1 aromatic heterocycles. The van der Waals surface area contributed by atoms with Crippen LogP contribution in [0.5, 0.6) is 0 Å². The van der Waals surface area contributed by atoms with Crippen LogP contribution in [0.25, 0.3) is 0 Å². The molecule has 2 fully saturated rings. The second-order valence-corrected chi connectivity index (χ2v) is 6.40. The third kappa shape index (κ3) is 3.88. The van der Waals surface area contributed by atoms with Gasteiger partial charge in [0.25, 0.3) is 0 Å². The number of anilines is 1. The number of hydrogen-bond acceptors (Lipinski definition) is 7. The van der Waals surface area contributed by atoms with Crippen LogP contribution >= 0.6 is 0 Å². The fourth-order valence-corrected chi connectivity index (χ4v) is 3.05. The van der Waals surface area contributed by atoms with Gasteiger partial charge in [-0.25, -0.2) is 19.7 Å². The molecule has 0 N–H and O–H groups in total. The van der Waals surface area contributed by atoms with Crippen molar-refractivity contribution in [3.05, 3.63) is 18.5 Å². The zero-order chi connectivity index (χ0) is 19.4. The Morgan fingerprint density at radius 3 is 2.26 bits per heavy atom. The molecule has 10 heteroatoms. The summed E-state index contributed by atoms with van der Waals surface area (Å²) in [4.78, 5) is 62.4. The van der Waals surface area contributed by atoms with Crippen molar-refractivity contribution >= 4 is 29.7 Å². The zero-order valence-corrected chi connectivity index (χ0v) is 15.2. The summed E-state index contributed by atoms with van der Waals surface area (Å²) in [6.45, 7) is 3.68. The first-order valence-corrected chi connectivity index (χ1v) is 9.00. The molecule has 2 aliphatic heterocycles. The third-order valence-corrected chi connectivity index (χ3v) is 4.63. The molecule has 0 saturated carbocycles. The molecule has 0 aromatic carbocycles. The molecule has 10 nitrogen and oxygen atoms in total. The third-order valence-electron chi connectivity index (χ3n) is 4.63. The second kappa shape index (κ2) is 8.11. The second-order valence-electron chi connectivity index (χ2n) is 6.40. The van der Waals surface area contributed by atoms with Crippen LogP contribution in [0.2, 0.25) is 0 Å². The summed E-state index contributed by atoms with van der Waals surface area (Å²) in [7, 11) is 0. The Hall–Kier alpha value is -3.04. The number of hydrogen-bond donors (Lipinski definition) is 0. The molecule has 0 atom stereocenters. The standard InChI is InChI=1S/C17H22N6O4/c1-2-3-7-22-14(25)15(26)23(17(22)27)12-13(24)20-8-10-21(11-9-20)16-18-5-4-6-19-16/h4-6H,2-3,7-12H2,1H3. The minimum atomic E-state index is -0.930. The Bertz CT molecular complexity index is 732. The average molecular weight is 374 g/mol. The maximum Gasteiger partial charge on any atom is 0.334 e. The average Bonchev–Trinajstić information content (AvgIpc) is 2.90. The topological polar surface area (TPSA) is 107 Å². The van der Waals surface area contributed by atoms with E-state index in [9.17, 15) is 19.2 Å². The molecule has 0 unspecified atom stereocenters. The quantitative estimate of drug-likeness (QED) is 0.498. The van der Waals surface area contributed by atoms with Gasteiger partial charge in [-0.15, -0.1) is 0 Å². The lowest BCUT2D eigenvalue weighted by molar-refractivity contribution is -0.145. The normalized spacial score (nSPS) is 17.9. The van der Waals surface area contributed by atoms with E-state index in [0.29, 0.717) is 38.5 Å². The van der Waals surface area contributed by atoms with Crippen LogP contribution in [0, 0.1) is 0 Å². The molecule has 0 radical (unpaired) electrons. The number of carbonyl (C=O) groups is 4. The van der Waals surface area contributed by atoms with Gasteiger partial charge < -0.3 is 9.80 Å². The molecule has 0 spiro atoms. The number of aromatic nitrogens is 2. The molecule has 3 rings (SSSR count). The minimum absolute atomic E-state index is 0.195. The Labute approximate surface area is 156 Å². The van der Waals surface area contributed by atoms with Gasteiger partial charge in [0.1, 0.15) is 6.54 Å². The highest BCUT2D eigenvalue weighted by molar-refractivity contribution is 6.45. The number of amides is 5. The number of piperazine rings is 1. The van der Waals surface area contributed by atoms with Crippen LogP contribution in [0.4, 0.5) is 10.7 Å². The number of imide groups is 2. The molecule has 0 aliphatic carbocycles. The summed E-state index contributed by atoms with van der Waals surface area (Å²) in [5.74, 6) is -1.53. The molecular weight excluding hydrogens is 352 g/mol. The van der Waals surface area contributed by atoms with Crippen molar-refractivity contribution in [3.8, 4) is 0 Å². The summed E-state index contributed by atoms with van der Waals surface area (Å²) < 4.78 is 0. The van der Waals surface area contributed by atoms with E-state index >= 15 is 0 Å². The largest absolute Gasteiger partial charge is 0.338 e. The first-order chi connectivity index (χ1) is 13.0. The summed E-state index contributed by atoms with van der Waals surface area (Å²) in [6.07, 6.45) is 4.73. The van der Waals surface area contributed by atoms with E-state index < -0.39 is 24.4 Å². The van der Waals surface area contributed by atoms with Crippen molar-refractivity contribution in [1.82, 2.24) is 24.7 Å². The van der Waals surface area contributed by atoms with Gasteiger partial charge in [-0.1, -0.05) is 13.3 Å². The molecule has 1 aromatic rings. The van der Waals surface area contributed by atoms with Crippen LogP contribution in [0.1, 0.15) is 19.8 Å². The Morgan fingerprint density at radius 2 is 1.63 bits per heavy atom. The van der Waals surface area contributed by atoms with Gasteiger partial charge in [0.05, 0.1) is 0 Å². The summed E-state index contributed by atoms with van der Waals surface area (Å²) in [6, 6.07) is 1.03. The number of carbonyl (C=O) groups excluding carboxylic acids is 4. The summed E-state index contributed by atoms with van der Waals surface area (Å²) in [5, 5.41) is 0. The number of nitrogens with zero attached hydrogens (tertiary/aromatic N) is 6. The molecule has 144 valence electrons. The van der Waals surface area contributed by atoms with Crippen LogP contribution in [0.15, 0.2) is 18.5 Å². The van der Waals surface area contributed by atoms with Crippen molar-refractivity contribution < 1.29 is 19.2 Å². The first kappa shape index (κ1) is 18.7. The van der Waals surface area contributed by atoms with Crippen LogP contribution in [-0.2, 0) is 14.4 Å².